The van der Waals surface area contributed by atoms with Crippen molar-refractivity contribution in [2.45, 2.75) is 23.2 Å². The van der Waals surface area contributed by atoms with Gasteiger partial charge in [0.05, 0.1) is 10.2 Å². The van der Waals surface area contributed by atoms with E-state index in [9.17, 15) is 13.2 Å². The Morgan fingerprint density at radius 3 is 2.93 bits per heavy atom. The van der Waals surface area contributed by atoms with E-state index in [4.69, 9.17) is 11.6 Å². The summed E-state index contributed by atoms with van der Waals surface area (Å²) in [6.07, 6.45) is 0.480. The van der Waals surface area contributed by atoms with Gasteiger partial charge in [-0.25, -0.2) is 13.4 Å². The SMILES string of the molecule is CN([C@H]1CCN(Cc2ccsc2)C1=O)S(=O)(=O)c1cc2nc(Cl)ccc2s1. The van der Waals surface area contributed by atoms with E-state index in [0.29, 0.717) is 30.2 Å². The summed E-state index contributed by atoms with van der Waals surface area (Å²) in [4.78, 5) is 18.6. The van der Waals surface area contributed by atoms with Crippen molar-refractivity contribution in [3.8, 4) is 0 Å². The van der Waals surface area contributed by atoms with Gasteiger partial charge in [-0.2, -0.15) is 15.6 Å². The van der Waals surface area contributed by atoms with Gasteiger partial charge in [0.25, 0.3) is 10.0 Å². The monoisotopic (exact) mass is 441 g/mol. The van der Waals surface area contributed by atoms with Gasteiger partial charge in [0.2, 0.25) is 5.91 Å². The maximum absolute atomic E-state index is 13.0. The molecule has 0 saturated carbocycles. The fourth-order valence-corrected chi connectivity index (χ4v) is 6.80. The Kier molecular flexibility index (Phi) is 4.98. The van der Waals surface area contributed by atoms with Crippen LogP contribution in [-0.2, 0) is 21.4 Å². The highest BCUT2D eigenvalue weighted by atomic mass is 35.5. The first-order valence-corrected chi connectivity index (χ1v) is 11.8. The summed E-state index contributed by atoms with van der Waals surface area (Å²) in [5.41, 5.74) is 1.60. The fourth-order valence-electron chi connectivity index (χ4n) is 3.13. The molecule has 142 valence electrons. The van der Waals surface area contributed by atoms with Crippen molar-refractivity contribution in [2.75, 3.05) is 13.6 Å². The summed E-state index contributed by atoms with van der Waals surface area (Å²) >= 11 is 8.60. The first-order chi connectivity index (χ1) is 12.9. The zero-order valence-electron chi connectivity index (χ0n) is 14.3. The van der Waals surface area contributed by atoms with Gasteiger partial charge in [0, 0.05) is 20.1 Å². The summed E-state index contributed by atoms with van der Waals surface area (Å²) in [6.45, 7) is 1.06. The van der Waals surface area contributed by atoms with Crippen LogP contribution in [0.2, 0.25) is 5.15 Å². The highest BCUT2D eigenvalue weighted by molar-refractivity contribution is 7.91. The number of amides is 1. The van der Waals surface area contributed by atoms with Crippen LogP contribution in [0.5, 0.6) is 0 Å². The molecule has 6 nitrogen and oxygen atoms in total. The van der Waals surface area contributed by atoms with Crippen LogP contribution < -0.4 is 0 Å². The second-order valence-corrected chi connectivity index (χ2v) is 10.8. The Bertz CT molecular complexity index is 1100. The molecule has 3 aromatic rings. The number of pyridine rings is 1. The number of likely N-dealkylation sites (N-methyl/N-ethyl adjacent to an activating group) is 1. The number of sulfonamides is 1. The smallest absolute Gasteiger partial charge is 0.253 e. The van der Waals surface area contributed by atoms with Crippen molar-refractivity contribution in [2.24, 2.45) is 0 Å². The average Bonchev–Trinajstić information content (AvgIpc) is 3.35. The first kappa shape index (κ1) is 18.8. The number of carbonyl (C=O) groups is 1. The minimum absolute atomic E-state index is 0.158. The van der Waals surface area contributed by atoms with E-state index >= 15 is 0 Å². The molecule has 4 heterocycles. The molecule has 0 aliphatic carbocycles. The fraction of sp³-hybridized carbons (Fsp3) is 0.294. The van der Waals surface area contributed by atoms with E-state index in [1.165, 1.54) is 17.4 Å². The second kappa shape index (κ2) is 7.14. The summed E-state index contributed by atoms with van der Waals surface area (Å²) in [7, 11) is -2.32. The number of nitrogens with zero attached hydrogens (tertiary/aromatic N) is 3. The summed E-state index contributed by atoms with van der Waals surface area (Å²) in [5.74, 6) is -0.158. The van der Waals surface area contributed by atoms with Crippen LogP contribution >= 0.6 is 34.3 Å². The average molecular weight is 442 g/mol. The molecular weight excluding hydrogens is 426 g/mol. The lowest BCUT2D eigenvalue weighted by molar-refractivity contribution is -0.131. The van der Waals surface area contributed by atoms with E-state index < -0.39 is 16.1 Å². The van der Waals surface area contributed by atoms with Crippen molar-refractivity contribution in [1.82, 2.24) is 14.2 Å². The molecule has 3 aromatic heterocycles. The number of hydrogen-bond acceptors (Lipinski definition) is 6. The molecule has 0 unspecified atom stereocenters. The molecule has 1 aliphatic rings. The highest BCUT2D eigenvalue weighted by Gasteiger charge is 2.40. The van der Waals surface area contributed by atoms with Gasteiger partial charge in [-0.3, -0.25) is 4.79 Å². The molecule has 10 heteroatoms. The summed E-state index contributed by atoms with van der Waals surface area (Å²) in [6, 6.07) is 6.18. The molecule has 1 saturated heterocycles. The Labute approximate surface area is 170 Å². The molecule has 1 aliphatic heterocycles. The third-order valence-corrected chi connectivity index (χ3v) is 8.96. The Morgan fingerprint density at radius 1 is 1.37 bits per heavy atom. The molecule has 4 rings (SSSR count). The second-order valence-electron chi connectivity index (χ2n) is 6.30. The molecule has 0 bridgehead atoms. The Morgan fingerprint density at radius 2 is 2.19 bits per heavy atom. The Balaban J connectivity index is 1.57. The van der Waals surface area contributed by atoms with Gasteiger partial charge in [0.1, 0.15) is 15.4 Å². The number of likely N-dealkylation sites (tertiary alicyclic amines) is 1. The van der Waals surface area contributed by atoms with E-state index in [-0.39, 0.29) is 10.1 Å². The number of rotatable bonds is 5. The van der Waals surface area contributed by atoms with E-state index in [0.717, 1.165) is 21.6 Å². The normalized spacial score (nSPS) is 18.1. The van der Waals surface area contributed by atoms with Crippen LogP contribution in [0.15, 0.2) is 39.2 Å². The van der Waals surface area contributed by atoms with Crippen molar-refractivity contribution in [3.05, 3.63) is 45.7 Å². The van der Waals surface area contributed by atoms with Crippen LogP contribution in [0.3, 0.4) is 0 Å². The quantitative estimate of drug-likeness (QED) is 0.569. The van der Waals surface area contributed by atoms with Crippen LogP contribution in [-0.4, -0.2) is 48.1 Å². The predicted octanol–water partition coefficient (Wildman–Crippen LogP) is 3.43. The zero-order chi connectivity index (χ0) is 19.2. The number of halogens is 1. The van der Waals surface area contributed by atoms with Crippen LogP contribution in [0.4, 0.5) is 0 Å². The molecule has 27 heavy (non-hydrogen) atoms. The zero-order valence-corrected chi connectivity index (χ0v) is 17.5. The van der Waals surface area contributed by atoms with Crippen molar-refractivity contribution in [3.63, 3.8) is 0 Å². The molecule has 1 atom stereocenters. The van der Waals surface area contributed by atoms with Crippen molar-refractivity contribution < 1.29 is 13.2 Å². The lowest BCUT2D eigenvalue weighted by Crippen LogP contribution is -2.42. The lowest BCUT2D eigenvalue weighted by Gasteiger charge is -2.22. The maximum atomic E-state index is 13.0. The topological polar surface area (TPSA) is 70.6 Å². The van der Waals surface area contributed by atoms with Crippen molar-refractivity contribution in [1.29, 1.82) is 0 Å². The standard InChI is InChI=1S/C17H16ClN3O3S3/c1-20(13-4-6-21(17(13)22)9-11-5-7-25-10-11)27(23,24)16-8-12-14(26-16)2-3-15(18)19-12/h2-3,5,7-8,10,13H,4,6,9H2,1H3/t13-/m0/s1. The highest BCUT2D eigenvalue weighted by Crippen LogP contribution is 2.32. The number of hydrogen-bond donors (Lipinski definition) is 0. The van der Waals surface area contributed by atoms with Crippen LogP contribution in [0.1, 0.15) is 12.0 Å². The van der Waals surface area contributed by atoms with Crippen LogP contribution in [0, 0.1) is 0 Å². The third-order valence-electron chi connectivity index (χ3n) is 4.61. The van der Waals surface area contributed by atoms with Crippen molar-refractivity contribution >= 4 is 60.4 Å². The van der Waals surface area contributed by atoms with E-state index in [1.807, 2.05) is 16.8 Å². The van der Waals surface area contributed by atoms with Gasteiger partial charge < -0.3 is 4.90 Å². The summed E-state index contributed by atoms with van der Waals surface area (Å²) in [5, 5.41) is 4.27. The largest absolute Gasteiger partial charge is 0.337 e. The Hall–Kier alpha value is -1.52. The lowest BCUT2D eigenvalue weighted by atomic mass is 10.2. The van der Waals surface area contributed by atoms with Gasteiger partial charge in [0.15, 0.2) is 0 Å². The summed E-state index contributed by atoms with van der Waals surface area (Å²) < 4.78 is 28.2. The van der Waals surface area contributed by atoms with Gasteiger partial charge in [-0.05, 0) is 47.0 Å². The first-order valence-electron chi connectivity index (χ1n) is 8.20. The van der Waals surface area contributed by atoms with Gasteiger partial charge in [-0.1, -0.05) is 11.6 Å². The molecule has 0 N–H and O–H groups in total. The number of fused-ring (bicyclic) bond motifs is 1. The van der Waals surface area contributed by atoms with Crippen LogP contribution in [0.25, 0.3) is 10.2 Å². The molecule has 1 amide bonds. The van der Waals surface area contributed by atoms with Gasteiger partial charge in [-0.15, -0.1) is 11.3 Å². The predicted molar refractivity (Wildman–Crippen MR) is 108 cm³/mol. The number of thiophene rings is 2. The minimum Gasteiger partial charge on any atom is -0.337 e. The molecule has 1 fully saturated rings. The number of aromatic nitrogens is 1. The number of carbonyl (C=O) groups excluding carboxylic acids is 1. The molecule has 0 spiro atoms. The van der Waals surface area contributed by atoms with Gasteiger partial charge >= 0.3 is 0 Å². The van der Waals surface area contributed by atoms with E-state index in [1.54, 1.807) is 28.4 Å². The minimum atomic E-state index is -3.79. The van der Waals surface area contributed by atoms with E-state index in [2.05, 4.69) is 4.98 Å². The maximum Gasteiger partial charge on any atom is 0.253 e. The molecule has 0 radical (unpaired) electrons. The molecular formula is C17H16ClN3O3S3. The molecule has 0 aromatic carbocycles. The third kappa shape index (κ3) is 3.50.